The number of halogens is 1. The van der Waals surface area contributed by atoms with E-state index in [1.165, 1.54) is 0 Å². The summed E-state index contributed by atoms with van der Waals surface area (Å²) in [7, 11) is 0. The van der Waals surface area contributed by atoms with E-state index in [0.29, 0.717) is 16.3 Å². The maximum absolute atomic E-state index is 12.2. The van der Waals surface area contributed by atoms with Crippen LogP contribution >= 0.6 is 11.6 Å². The Labute approximate surface area is 132 Å². The van der Waals surface area contributed by atoms with Crippen LogP contribution in [-0.4, -0.2) is 36.5 Å². The van der Waals surface area contributed by atoms with Gasteiger partial charge in [-0.2, -0.15) is 0 Å². The van der Waals surface area contributed by atoms with Gasteiger partial charge in [0.1, 0.15) is 0 Å². The van der Waals surface area contributed by atoms with Crippen molar-refractivity contribution in [2.75, 3.05) is 25.4 Å². The SMILES string of the molecule is CCN(CC)CCCC(C)NC(=O)c1ccc(Cl)cc1N. The lowest BCUT2D eigenvalue weighted by Crippen LogP contribution is -2.34. The summed E-state index contributed by atoms with van der Waals surface area (Å²) in [5.41, 5.74) is 6.72. The van der Waals surface area contributed by atoms with Gasteiger partial charge in [-0.3, -0.25) is 4.79 Å². The van der Waals surface area contributed by atoms with Crippen molar-refractivity contribution in [1.82, 2.24) is 10.2 Å². The molecule has 1 unspecified atom stereocenters. The average molecular weight is 312 g/mol. The molecule has 0 aromatic heterocycles. The van der Waals surface area contributed by atoms with Crippen molar-refractivity contribution in [1.29, 1.82) is 0 Å². The third-order valence-electron chi connectivity index (χ3n) is 3.64. The highest BCUT2D eigenvalue weighted by atomic mass is 35.5. The van der Waals surface area contributed by atoms with Gasteiger partial charge in [-0.25, -0.2) is 0 Å². The molecule has 0 heterocycles. The molecule has 1 aromatic carbocycles. The quantitative estimate of drug-likeness (QED) is 0.725. The smallest absolute Gasteiger partial charge is 0.253 e. The second-order valence-electron chi connectivity index (χ2n) is 5.28. The highest BCUT2D eigenvalue weighted by molar-refractivity contribution is 6.31. The summed E-state index contributed by atoms with van der Waals surface area (Å²) in [6.45, 7) is 9.55. The van der Waals surface area contributed by atoms with E-state index in [9.17, 15) is 4.79 Å². The van der Waals surface area contributed by atoms with Gasteiger partial charge in [0.15, 0.2) is 0 Å². The summed E-state index contributed by atoms with van der Waals surface area (Å²) in [5, 5.41) is 3.52. The van der Waals surface area contributed by atoms with Gasteiger partial charge in [0.2, 0.25) is 0 Å². The van der Waals surface area contributed by atoms with E-state index in [2.05, 4.69) is 24.1 Å². The number of nitrogens with one attached hydrogen (secondary N) is 1. The Bertz CT molecular complexity index is 461. The van der Waals surface area contributed by atoms with Crippen LogP contribution in [0, 0.1) is 0 Å². The van der Waals surface area contributed by atoms with Crippen LogP contribution in [-0.2, 0) is 0 Å². The van der Waals surface area contributed by atoms with Crippen molar-refractivity contribution >= 4 is 23.2 Å². The van der Waals surface area contributed by atoms with Crippen molar-refractivity contribution in [2.45, 2.75) is 39.7 Å². The Kier molecular flexibility index (Phi) is 7.54. The van der Waals surface area contributed by atoms with Crippen LogP contribution in [0.3, 0.4) is 0 Å². The minimum Gasteiger partial charge on any atom is -0.398 e. The highest BCUT2D eigenvalue weighted by Crippen LogP contribution is 2.18. The first kappa shape index (κ1) is 17.8. The summed E-state index contributed by atoms with van der Waals surface area (Å²) >= 11 is 5.84. The monoisotopic (exact) mass is 311 g/mol. The number of nitrogen functional groups attached to an aromatic ring is 1. The first-order chi connectivity index (χ1) is 9.97. The standard InChI is InChI=1S/C16H26ClN3O/c1-4-20(5-2)10-6-7-12(3)19-16(21)14-9-8-13(17)11-15(14)18/h8-9,11-12H,4-7,10,18H2,1-3H3,(H,19,21). The Balaban J connectivity index is 2.43. The summed E-state index contributed by atoms with van der Waals surface area (Å²) in [6.07, 6.45) is 2.02. The third kappa shape index (κ3) is 5.94. The fourth-order valence-electron chi connectivity index (χ4n) is 2.27. The first-order valence-electron chi connectivity index (χ1n) is 7.56. The molecule has 0 bridgehead atoms. The number of hydrogen-bond donors (Lipinski definition) is 2. The number of nitrogens with two attached hydrogens (primary N) is 1. The number of nitrogens with zero attached hydrogens (tertiary/aromatic N) is 1. The zero-order valence-electron chi connectivity index (χ0n) is 13.2. The van der Waals surface area contributed by atoms with Crippen molar-refractivity contribution < 1.29 is 4.79 Å². The topological polar surface area (TPSA) is 58.4 Å². The maximum Gasteiger partial charge on any atom is 0.253 e. The zero-order valence-corrected chi connectivity index (χ0v) is 13.9. The van der Waals surface area contributed by atoms with E-state index in [4.69, 9.17) is 17.3 Å². The molecule has 0 aliphatic carbocycles. The highest BCUT2D eigenvalue weighted by Gasteiger charge is 2.13. The van der Waals surface area contributed by atoms with Gasteiger partial charge in [-0.15, -0.1) is 0 Å². The number of anilines is 1. The lowest BCUT2D eigenvalue weighted by molar-refractivity contribution is 0.0938. The number of hydrogen-bond acceptors (Lipinski definition) is 3. The first-order valence-corrected chi connectivity index (χ1v) is 7.93. The van der Waals surface area contributed by atoms with E-state index in [1.807, 2.05) is 6.92 Å². The average Bonchev–Trinajstić information content (AvgIpc) is 2.43. The van der Waals surface area contributed by atoms with Crippen LogP contribution in [0.25, 0.3) is 0 Å². The van der Waals surface area contributed by atoms with Crippen LogP contribution < -0.4 is 11.1 Å². The molecular formula is C16H26ClN3O. The molecule has 21 heavy (non-hydrogen) atoms. The molecule has 0 saturated heterocycles. The molecule has 1 rings (SSSR count). The Hall–Kier alpha value is -1.26. The van der Waals surface area contributed by atoms with Crippen LogP contribution in [0.1, 0.15) is 44.0 Å². The normalized spacial score (nSPS) is 12.4. The molecule has 0 saturated carbocycles. The van der Waals surface area contributed by atoms with Gasteiger partial charge in [-0.05, 0) is 57.6 Å². The Morgan fingerprint density at radius 3 is 2.62 bits per heavy atom. The number of rotatable bonds is 8. The van der Waals surface area contributed by atoms with E-state index in [0.717, 1.165) is 32.5 Å². The molecule has 1 aromatic rings. The predicted molar refractivity (Wildman–Crippen MR) is 89.8 cm³/mol. The third-order valence-corrected chi connectivity index (χ3v) is 3.88. The van der Waals surface area contributed by atoms with Gasteiger partial charge in [-0.1, -0.05) is 25.4 Å². The molecule has 0 fully saturated rings. The number of benzene rings is 1. The second-order valence-corrected chi connectivity index (χ2v) is 5.71. The minimum atomic E-state index is -0.139. The molecule has 0 aliphatic heterocycles. The van der Waals surface area contributed by atoms with Crippen LogP contribution in [0.2, 0.25) is 5.02 Å². The van der Waals surface area contributed by atoms with E-state index in [1.54, 1.807) is 18.2 Å². The fourth-order valence-corrected chi connectivity index (χ4v) is 2.46. The summed E-state index contributed by atoms with van der Waals surface area (Å²) < 4.78 is 0. The zero-order chi connectivity index (χ0) is 15.8. The summed E-state index contributed by atoms with van der Waals surface area (Å²) in [6, 6.07) is 5.07. The summed E-state index contributed by atoms with van der Waals surface area (Å²) in [5.74, 6) is -0.139. The van der Waals surface area contributed by atoms with Crippen LogP contribution in [0.4, 0.5) is 5.69 Å². The molecule has 5 heteroatoms. The van der Waals surface area contributed by atoms with E-state index >= 15 is 0 Å². The number of amides is 1. The second kappa shape index (κ2) is 8.90. The minimum absolute atomic E-state index is 0.128. The van der Waals surface area contributed by atoms with Crippen molar-refractivity contribution in [3.8, 4) is 0 Å². The number of carbonyl (C=O) groups is 1. The lowest BCUT2D eigenvalue weighted by Gasteiger charge is -2.20. The summed E-state index contributed by atoms with van der Waals surface area (Å²) in [4.78, 5) is 14.5. The van der Waals surface area contributed by atoms with E-state index in [-0.39, 0.29) is 11.9 Å². The fraction of sp³-hybridized carbons (Fsp3) is 0.562. The molecule has 0 aliphatic rings. The molecule has 1 atom stereocenters. The van der Waals surface area contributed by atoms with Gasteiger partial charge in [0, 0.05) is 16.8 Å². The molecule has 3 N–H and O–H groups in total. The Morgan fingerprint density at radius 2 is 2.05 bits per heavy atom. The number of carbonyl (C=O) groups excluding carboxylic acids is 1. The molecule has 4 nitrogen and oxygen atoms in total. The molecular weight excluding hydrogens is 286 g/mol. The van der Waals surface area contributed by atoms with Gasteiger partial charge < -0.3 is 16.0 Å². The molecule has 118 valence electrons. The maximum atomic E-state index is 12.2. The van der Waals surface area contributed by atoms with Crippen LogP contribution in [0.15, 0.2) is 18.2 Å². The largest absolute Gasteiger partial charge is 0.398 e. The van der Waals surface area contributed by atoms with E-state index < -0.39 is 0 Å². The van der Waals surface area contributed by atoms with Crippen LogP contribution in [0.5, 0.6) is 0 Å². The Morgan fingerprint density at radius 1 is 1.38 bits per heavy atom. The van der Waals surface area contributed by atoms with Crippen molar-refractivity contribution in [3.05, 3.63) is 28.8 Å². The van der Waals surface area contributed by atoms with Crippen molar-refractivity contribution in [2.24, 2.45) is 0 Å². The van der Waals surface area contributed by atoms with Gasteiger partial charge in [0.25, 0.3) is 5.91 Å². The van der Waals surface area contributed by atoms with Gasteiger partial charge >= 0.3 is 0 Å². The van der Waals surface area contributed by atoms with Crippen molar-refractivity contribution in [3.63, 3.8) is 0 Å². The molecule has 0 radical (unpaired) electrons. The van der Waals surface area contributed by atoms with Gasteiger partial charge in [0.05, 0.1) is 5.56 Å². The molecule has 1 amide bonds. The molecule has 0 spiro atoms. The predicted octanol–water partition coefficient (Wildman–Crippen LogP) is 3.16. The lowest BCUT2D eigenvalue weighted by atomic mass is 10.1.